The molecule has 0 saturated carbocycles. The minimum atomic E-state index is -0.222. The minimum Gasteiger partial charge on any atom is -0.463 e. The molecule has 0 spiro atoms. The molecular weight excluding hydrogens is 344 g/mol. The molecule has 0 aromatic rings. The maximum atomic E-state index is 11.5. The van der Waals surface area contributed by atoms with Gasteiger partial charge in [0.2, 0.25) is 0 Å². The van der Waals surface area contributed by atoms with Crippen molar-refractivity contribution < 1.29 is 23.7 Å². The fraction of sp³-hybridized carbons (Fsp3) is 0.955. The number of hydrogen-bond donors (Lipinski definition) is 0. The van der Waals surface area contributed by atoms with E-state index in [4.69, 9.17) is 18.9 Å². The quantitative estimate of drug-likeness (QED) is 0.186. The summed E-state index contributed by atoms with van der Waals surface area (Å²) in [5.74, 6) is -0.222. The molecule has 0 rings (SSSR count). The molecule has 27 heavy (non-hydrogen) atoms. The summed E-state index contributed by atoms with van der Waals surface area (Å²) in [7, 11) is 1.63. The van der Waals surface area contributed by atoms with Crippen LogP contribution in [0.4, 0.5) is 0 Å². The van der Waals surface area contributed by atoms with Crippen molar-refractivity contribution in [2.45, 2.75) is 90.4 Å². The molecule has 0 aliphatic carbocycles. The summed E-state index contributed by atoms with van der Waals surface area (Å²) in [6.07, 6.45) is 16.4. The van der Waals surface area contributed by atoms with Crippen molar-refractivity contribution in [1.29, 1.82) is 0 Å². The second-order valence-corrected chi connectivity index (χ2v) is 7.08. The lowest BCUT2D eigenvalue weighted by molar-refractivity contribution is -0.146. The van der Waals surface area contributed by atoms with Gasteiger partial charge in [-0.1, -0.05) is 77.6 Å². The number of ether oxygens (including phenoxy) is 4. The van der Waals surface area contributed by atoms with Crippen LogP contribution in [-0.2, 0) is 23.7 Å². The third-order valence-electron chi connectivity index (χ3n) is 4.52. The number of carbonyl (C=O) groups is 1. The van der Waals surface area contributed by atoms with Gasteiger partial charge in [0, 0.05) is 13.7 Å². The number of methoxy groups -OCH3 is 1. The first-order valence-corrected chi connectivity index (χ1v) is 11.1. The smallest absolute Gasteiger partial charge is 0.308 e. The van der Waals surface area contributed by atoms with Gasteiger partial charge in [0.1, 0.15) is 6.61 Å². The van der Waals surface area contributed by atoms with Crippen molar-refractivity contribution >= 4 is 5.97 Å². The van der Waals surface area contributed by atoms with Crippen LogP contribution in [0.15, 0.2) is 0 Å². The Hall–Kier alpha value is -0.650. The van der Waals surface area contributed by atoms with E-state index in [9.17, 15) is 4.79 Å². The van der Waals surface area contributed by atoms with E-state index in [2.05, 4.69) is 6.92 Å². The second kappa shape index (κ2) is 23.4. The molecule has 0 aromatic carbocycles. The third-order valence-corrected chi connectivity index (χ3v) is 4.52. The monoisotopic (exact) mass is 388 g/mol. The van der Waals surface area contributed by atoms with Gasteiger partial charge in [-0.2, -0.15) is 0 Å². The van der Waals surface area contributed by atoms with Crippen LogP contribution in [0.25, 0.3) is 0 Å². The first-order chi connectivity index (χ1) is 13.3. The molecule has 0 aliphatic rings. The van der Waals surface area contributed by atoms with Crippen LogP contribution >= 0.6 is 0 Å². The van der Waals surface area contributed by atoms with Gasteiger partial charge < -0.3 is 18.9 Å². The Labute approximate surface area is 167 Å². The van der Waals surface area contributed by atoms with E-state index >= 15 is 0 Å². The van der Waals surface area contributed by atoms with Gasteiger partial charge in [0.15, 0.2) is 0 Å². The number of carbonyl (C=O) groups excluding carboxylic acids is 1. The van der Waals surface area contributed by atoms with Crippen LogP contribution in [-0.4, -0.2) is 52.7 Å². The lowest BCUT2D eigenvalue weighted by Gasteiger charge is -2.07. The highest BCUT2D eigenvalue weighted by molar-refractivity contribution is 5.69. The summed E-state index contributed by atoms with van der Waals surface area (Å²) < 4.78 is 20.6. The molecule has 0 bridgehead atoms. The zero-order chi connectivity index (χ0) is 19.8. The van der Waals surface area contributed by atoms with Crippen LogP contribution < -0.4 is 0 Å². The average molecular weight is 389 g/mol. The Morgan fingerprint density at radius 3 is 1.70 bits per heavy atom. The summed E-state index contributed by atoms with van der Waals surface area (Å²) in [6, 6.07) is 0. The molecule has 0 N–H and O–H groups in total. The van der Waals surface area contributed by atoms with Gasteiger partial charge in [-0.15, -0.1) is 0 Å². The Morgan fingerprint density at radius 1 is 0.593 bits per heavy atom. The van der Waals surface area contributed by atoms with Gasteiger partial charge in [-0.05, 0) is 6.42 Å². The van der Waals surface area contributed by atoms with E-state index < -0.39 is 0 Å². The Kier molecular flexibility index (Phi) is 22.8. The van der Waals surface area contributed by atoms with Crippen LogP contribution in [0, 0.1) is 0 Å². The summed E-state index contributed by atoms with van der Waals surface area (Å²) in [5, 5.41) is 0. The normalized spacial score (nSPS) is 11.0. The molecule has 0 aromatic heterocycles. The summed E-state index contributed by atoms with van der Waals surface area (Å²) in [4.78, 5) is 11.5. The molecule has 0 amide bonds. The summed E-state index contributed by atoms with van der Waals surface area (Å²) >= 11 is 0. The molecular formula is C22H44O5. The number of rotatable bonds is 22. The number of hydrogen-bond acceptors (Lipinski definition) is 5. The van der Waals surface area contributed by atoms with Crippen LogP contribution in [0.3, 0.4) is 0 Å². The van der Waals surface area contributed by atoms with Crippen molar-refractivity contribution in [3.8, 4) is 0 Å². The lowest BCUT2D eigenvalue weighted by Crippen LogP contribution is -2.14. The minimum absolute atomic E-state index is 0.222. The van der Waals surface area contributed by atoms with E-state index in [-0.39, 0.29) is 5.97 Å². The summed E-state index contributed by atoms with van der Waals surface area (Å²) in [6.45, 7) is 5.24. The van der Waals surface area contributed by atoms with Crippen LogP contribution in [0.1, 0.15) is 90.4 Å². The zero-order valence-electron chi connectivity index (χ0n) is 18.0. The van der Waals surface area contributed by atoms with E-state index in [0.29, 0.717) is 39.5 Å². The Bertz CT molecular complexity index is 296. The van der Waals surface area contributed by atoms with Crippen molar-refractivity contribution in [3.05, 3.63) is 0 Å². The number of esters is 1. The largest absolute Gasteiger partial charge is 0.463 e. The Morgan fingerprint density at radius 2 is 1.11 bits per heavy atom. The fourth-order valence-corrected chi connectivity index (χ4v) is 2.83. The highest BCUT2D eigenvalue weighted by atomic mass is 16.6. The first-order valence-electron chi connectivity index (χ1n) is 11.1. The second-order valence-electron chi connectivity index (χ2n) is 7.08. The maximum absolute atomic E-state index is 11.5. The third kappa shape index (κ3) is 23.3. The van der Waals surface area contributed by atoms with Crippen molar-refractivity contribution in [3.63, 3.8) is 0 Å². The molecule has 0 aliphatic heterocycles. The topological polar surface area (TPSA) is 54.0 Å². The van der Waals surface area contributed by atoms with Gasteiger partial charge in [-0.3, -0.25) is 4.79 Å². The van der Waals surface area contributed by atoms with Crippen LogP contribution in [0.2, 0.25) is 0 Å². The lowest BCUT2D eigenvalue weighted by atomic mass is 10.1. The molecule has 5 nitrogen and oxygen atoms in total. The molecule has 0 radical (unpaired) electrons. The fourth-order valence-electron chi connectivity index (χ4n) is 2.83. The molecule has 0 unspecified atom stereocenters. The van der Waals surface area contributed by atoms with E-state index in [1.807, 2.05) is 0 Å². The van der Waals surface area contributed by atoms with Gasteiger partial charge in [-0.25, -0.2) is 0 Å². The predicted molar refractivity (Wildman–Crippen MR) is 110 cm³/mol. The van der Waals surface area contributed by atoms with Gasteiger partial charge in [0.25, 0.3) is 0 Å². The number of unbranched alkanes of at least 4 members (excludes halogenated alkanes) is 11. The van der Waals surface area contributed by atoms with Crippen molar-refractivity contribution in [2.24, 2.45) is 0 Å². The standard InChI is InChI=1S/C22H44O5/c1-3-4-5-6-7-8-9-10-11-12-13-14-16-25-17-15-22(23)27-21-20-26-19-18-24-2/h3-21H2,1-2H3. The van der Waals surface area contributed by atoms with E-state index in [0.717, 1.165) is 13.0 Å². The summed E-state index contributed by atoms with van der Waals surface area (Å²) in [5.41, 5.74) is 0. The average Bonchev–Trinajstić information content (AvgIpc) is 2.67. The highest BCUT2D eigenvalue weighted by Gasteiger charge is 2.02. The molecule has 0 atom stereocenters. The molecule has 5 heteroatoms. The molecule has 0 heterocycles. The van der Waals surface area contributed by atoms with Gasteiger partial charge in [0.05, 0.1) is 32.8 Å². The van der Waals surface area contributed by atoms with E-state index in [1.165, 1.54) is 70.6 Å². The van der Waals surface area contributed by atoms with E-state index in [1.54, 1.807) is 7.11 Å². The molecule has 0 fully saturated rings. The molecule has 0 saturated heterocycles. The van der Waals surface area contributed by atoms with Crippen LogP contribution in [0.5, 0.6) is 0 Å². The SMILES string of the molecule is CCCCCCCCCCCCCCOCCC(=O)OCCOCCOC. The highest BCUT2D eigenvalue weighted by Crippen LogP contribution is 2.11. The van der Waals surface area contributed by atoms with Crippen molar-refractivity contribution in [2.75, 3.05) is 46.8 Å². The predicted octanol–water partition coefficient (Wildman–Crippen LogP) is 5.30. The molecule has 162 valence electrons. The van der Waals surface area contributed by atoms with Crippen molar-refractivity contribution in [1.82, 2.24) is 0 Å². The first kappa shape index (κ1) is 26.4. The Balaban J connectivity index is 3.10. The van der Waals surface area contributed by atoms with Gasteiger partial charge >= 0.3 is 5.97 Å². The zero-order valence-corrected chi connectivity index (χ0v) is 18.0. The maximum Gasteiger partial charge on any atom is 0.308 e.